The standard InChI is InChI=1S/C18H15N5O3/c1-11(2)26-15-7-16(20-9-13(15)8-19)22-18(25)23-6-5-12-3-4-14(10-24)21-17(12)23/h3-7,9-11H,1-2H3,(H,20,22,25). The van der Waals surface area contributed by atoms with E-state index in [0.717, 1.165) is 5.39 Å². The van der Waals surface area contributed by atoms with Crippen LogP contribution in [0, 0.1) is 11.3 Å². The Morgan fingerprint density at radius 1 is 1.38 bits per heavy atom. The Morgan fingerprint density at radius 2 is 2.19 bits per heavy atom. The van der Waals surface area contributed by atoms with Gasteiger partial charge in [0.2, 0.25) is 0 Å². The molecule has 0 aliphatic heterocycles. The van der Waals surface area contributed by atoms with E-state index in [2.05, 4.69) is 15.3 Å². The molecule has 8 heteroatoms. The Morgan fingerprint density at radius 3 is 2.88 bits per heavy atom. The molecule has 0 saturated heterocycles. The van der Waals surface area contributed by atoms with Crippen molar-refractivity contribution in [2.24, 2.45) is 0 Å². The van der Waals surface area contributed by atoms with Crippen molar-refractivity contribution in [3.8, 4) is 11.8 Å². The number of aromatic nitrogens is 3. The fourth-order valence-corrected chi connectivity index (χ4v) is 2.36. The van der Waals surface area contributed by atoms with Gasteiger partial charge in [-0.3, -0.25) is 14.7 Å². The van der Waals surface area contributed by atoms with Crippen LogP contribution < -0.4 is 10.1 Å². The zero-order chi connectivity index (χ0) is 18.7. The minimum absolute atomic E-state index is 0.132. The summed E-state index contributed by atoms with van der Waals surface area (Å²) in [5, 5.41) is 12.5. The molecule has 1 amide bonds. The van der Waals surface area contributed by atoms with E-state index in [4.69, 9.17) is 10.00 Å². The molecule has 0 fully saturated rings. The summed E-state index contributed by atoms with van der Waals surface area (Å²) in [5.74, 6) is 0.574. The Balaban J connectivity index is 1.91. The number of anilines is 1. The number of pyridine rings is 2. The van der Waals surface area contributed by atoms with Crippen LogP contribution in [0.3, 0.4) is 0 Å². The predicted molar refractivity (Wildman–Crippen MR) is 94.3 cm³/mol. The number of hydrogen-bond donors (Lipinski definition) is 1. The van der Waals surface area contributed by atoms with E-state index in [1.165, 1.54) is 16.8 Å². The smallest absolute Gasteiger partial charge is 0.332 e. The largest absolute Gasteiger partial charge is 0.489 e. The van der Waals surface area contributed by atoms with Crippen LogP contribution in [0.25, 0.3) is 11.0 Å². The second-order valence-electron chi connectivity index (χ2n) is 5.73. The van der Waals surface area contributed by atoms with Crippen molar-refractivity contribution < 1.29 is 14.3 Å². The zero-order valence-corrected chi connectivity index (χ0v) is 14.1. The average molecular weight is 349 g/mol. The molecule has 0 unspecified atom stereocenters. The molecule has 3 heterocycles. The van der Waals surface area contributed by atoms with Gasteiger partial charge in [0.25, 0.3) is 0 Å². The molecule has 0 aliphatic carbocycles. The van der Waals surface area contributed by atoms with Gasteiger partial charge >= 0.3 is 6.03 Å². The highest BCUT2D eigenvalue weighted by Crippen LogP contribution is 2.22. The first kappa shape index (κ1) is 17.1. The second kappa shape index (κ2) is 7.03. The van der Waals surface area contributed by atoms with Crippen LogP contribution in [0.2, 0.25) is 0 Å². The van der Waals surface area contributed by atoms with Crippen LogP contribution in [0.1, 0.15) is 29.9 Å². The summed E-state index contributed by atoms with van der Waals surface area (Å²) < 4.78 is 6.86. The van der Waals surface area contributed by atoms with Gasteiger partial charge in [0.05, 0.1) is 12.3 Å². The molecule has 26 heavy (non-hydrogen) atoms. The molecule has 3 aromatic rings. The van der Waals surface area contributed by atoms with Crippen LogP contribution in [-0.4, -0.2) is 33.0 Å². The molecule has 130 valence electrons. The maximum atomic E-state index is 12.6. The van der Waals surface area contributed by atoms with Gasteiger partial charge in [-0.25, -0.2) is 14.8 Å². The Labute approximate surface area is 149 Å². The van der Waals surface area contributed by atoms with E-state index in [1.54, 1.807) is 24.4 Å². The molecule has 0 radical (unpaired) electrons. The van der Waals surface area contributed by atoms with Crippen molar-refractivity contribution in [1.82, 2.24) is 14.5 Å². The third kappa shape index (κ3) is 3.37. The van der Waals surface area contributed by atoms with Crippen molar-refractivity contribution in [1.29, 1.82) is 5.26 Å². The van der Waals surface area contributed by atoms with E-state index >= 15 is 0 Å². The number of nitrogens with one attached hydrogen (secondary N) is 1. The fraction of sp³-hybridized carbons (Fsp3) is 0.167. The number of amides is 1. The lowest BCUT2D eigenvalue weighted by Crippen LogP contribution is -2.20. The lowest BCUT2D eigenvalue weighted by molar-refractivity contribution is 0.111. The van der Waals surface area contributed by atoms with Crippen LogP contribution in [0.5, 0.6) is 5.75 Å². The van der Waals surface area contributed by atoms with Gasteiger partial charge in [0.1, 0.15) is 34.5 Å². The summed E-state index contributed by atoms with van der Waals surface area (Å²) >= 11 is 0. The maximum Gasteiger partial charge on any atom is 0.332 e. The molecule has 3 rings (SSSR count). The molecule has 3 aromatic heterocycles. The number of rotatable bonds is 4. The number of carbonyl (C=O) groups excluding carboxylic acids is 2. The lowest BCUT2D eigenvalue weighted by Gasteiger charge is -2.12. The first-order valence-electron chi connectivity index (χ1n) is 7.83. The molecule has 0 saturated carbocycles. The Hall–Kier alpha value is -3.73. The number of fused-ring (bicyclic) bond motifs is 1. The summed E-state index contributed by atoms with van der Waals surface area (Å²) in [7, 11) is 0. The Bertz CT molecular complexity index is 1030. The van der Waals surface area contributed by atoms with Gasteiger partial charge in [-0.15, -0.1) is 0 Å². The molecule has 0 atom stereocenters. The van der Waals surface area contributed by atoms with Crippen molar-refractivity contribution in [3.05, 3.63) is 47.9 Å². The summed E-state index contributed by atoms with van der Waals surface area (Å²) in [4.78, 5) is 31.7. The molecular formula is C18H15N5O3. The summed E-state index contributed by atoms with van der Waals surface area (Å²) in [6.45, 7) is 3.67. The molecular weight excluding hydrogens is 334 g/mol. The first-order chi connectivity index (χ1) is 12.5. The van der Waals surface area contributed by atoms with E-state index in [9.17, 15) is 9.59 Å². The highest BCUT2D eigenvalue weighted by atomic mass is 16.5. The van der Waals surface area contributed by atoms with Crippen LogP contribution >= 0.6 is 0 Å². The van der Waals surface area contributed by atoms with E-state index in [-0.39, 0.29) is 23.2 Å². The van der Waals surface area contributed by atoms with Gasteiger partial charge in [-0.1, -0.05) is 0 Å². The third-order valence-electron chi connectivity index (χ3n) is 3.48. The van der Waals surface area contributed by atoms with Gasteiger partial charge < -0.3 is 4.74 Å². The molecule has 0 bridgehead atoms. The number of ether oxygens (including phenoxy) is 1. The number of hydrogen-bond acceptors (Lipinski definition) is 6. The lowest BCUT2D eigenvalue weighted by atomic mass is 10.2. The average Bonchev–Trinajstić information content (AvgIpc) is 3.04. The molecule has 8 nitrogen and oxygen atoms in total. The number of aldehydes is 1. The fourth-order valence-electron chi connectivity index (χ4n) is 2.36. The minimum Gasteiger partial charge on any atom is -0.489 e. The van der Waals surface area contributed by atoms with E-state index < -0.39 is 6.03 Å². The van der Waals surface area contributed by atoms with E-state index in [1.807, 2.05) is 19.9 Å². The van der Waals surface area contributed by atoms with Crippen LogP contribution in [0.4, 0.5) is 10.6 Å². The normalized spacial score (nSPS) is 10.5. The minimum atomic E-state index is -0.497. The van der Waals surface area contributed by atoms with Crippen molar-refractivity contribution in [2.45, 2.75) is 20.0 Å². The highest BCUT2D eigenvalue weighted by molar-refractivity contribution is 5.97. The van der Waals surface area contributed by atoms with Crippen molar-refractivity contribution in [3.63, 3.8) is 0 Å². The highest BCUT2D eigenvalue weighted by Gasteiger charge is 2.14. The van der Waals surface area contributed by atoms with Gasteiger partial charge in [0.15, 0.2) is 6.29 Å². The quantitative estimate of drug-likeness (QED) is 0.725. The summed E-state index contributed by atoms with van der Waals surface area (Å²) in [6.07, 6.45) is 3.37. The second-order valence-corrected chi connectivity index (χ2v) is 5.73. The van der Waals surface area contributed by atoms with Gasteiger partial charge in [0, 0.05) is 17.6 Å². The monoisotopic (exact) mass is 349 g/mol. The molecule has 0 aliphatic rings. The Kier molecular flexibility index (Phi) is 4.62. The molecule has 0 spiro atoms. The molecule has 0 aromatic carbocycles. The summed E-state index contributed by atoms with van der Waals surface area (Å²) in [6, 6.07) is 8.00. The van der Waals surface area contributed by atoms with Gasteiger partial charge in [-0.2, -0.15) is 5.26 Å². The zero-order valence-electron chi connectivity index (χ0n) is 14.1. The van der Waals surface area contributed by atoms with Crippen LogP contribution in [-0.2, 0) is 0 Å². The van der Waals surface area contributed by atoms with Crippen LogP contribution in [0.15, 0.2) is 36.7 Å². The van der Waals surface area contributed by atoms with Crippen molar-refractivity contribution >= 4 is 29.2 Å². The predicted octanol–water partition coefficient (Wildman–Crippen LogP) is 2.98. The number of nitriles is 1. The van der Waals surface area contributed by atoms with Gasteiger partial charge in [-0.05, 0) is 32.0 Å². The summed E-state index contributed by atoms with van der Waals surface area (Å²) in [5.41, 5.74) is 0.870. The third-order valence-corrected chi connectivity index (χ3v) is 3.48. The molecule has 1 N–H and O–H groups in total. The van der Waals surface area contributed by atoms with Crippen molar-refractivity contribution in [2.75, 3.05) is 5.32 Å². The first-order valence-corrected chi connectivity index (χ1v) is 7.83. The van der Waals surface area contributed by atoms with E-state index in [0.29, 0.717) is 17.7 Å². The maximum absolute atomic E-state index is 12.6. The topological polar surface area (TPSA) is 110 Å². The SMILES string of the molecule is CC(C)Oc1cc(NC(=O)n2ccc3ccc(C=O)nc32)ncc1C#N. The number of carbonyl (C=O) groups is 2. The number of nitrogens with zero attached hydrogens (tertiary/aromatic N) is 4.